The summed E-state index contributed by atoms with van der Waals surface area (Å²) in [7, 11) is 1.49. The molecule has 0 heterocycles. The van der Waals surface area contributed by atoms with Gasteiger partial charge in [-0.25, -0.2) is 4.79 Å². The lowest BCUT2D eigenvalue weighted by atomic mass is 9.40. The van der Waals surface area contributed by atoms with E-state index in [-0.39, 0.29) is 44.1 Å². The Morgan fingerprint density at radius 1 is 0.917 bits per heavy atom. The Morgan fingerprint density at radius 3 is 2.17 bits per heavy atom. The largest absolute Gasteiger partial charge is 0.497 e. The second-order valence-corrected chi connectivity index (χ2v) is 14.4. The molecule has 48 heavy (non-hydrogen) atoms. The fraction of sp³-hybridized carbons (Fsp3) is 0.714. The van der Waals surface area contributed by atoms with Crippen molar-refractivity contribution >= 4 is 23.9 Å². The molecular formula is C35H48O13. The van der Waals surface area contributed by atoms with Gasteiger partial charge in [-0.2, -0.15) is 0 Å². The second-order valence-electron chi connectivity index (χ2n) is 14.4. The minimum Gasteiger partial charge on any atom is -0.497 e. The number of benzene rings is 1. The molecule has 4 fully saturated rings. The van der Waals surface area contributed by atoms with Gasteiger partial charge in [0.2, 0.25) is 0 Å². The van der Waals surface area contributed by atoms with Crippen LogP contribution in [0.15, 0.2) is 24.3 Å². The van der Waals surface area contributed by atoms with E-state index in [0.717, 1.165) is 0 Å². The van der Waals surface area contributed by atoms with E-state index in [1.54, 1.807) is 12.1 Å². The Labute approximate surface area is 279 Å². The zero-order valence-corrected chi connectivity index (χ0v) is 28.2. The first-order valence-corrected chi connectivity index (χ1v) is 16.6. The molecule has 266 valence electrons. The van der Waals surface area contributed by atoms with Crippen LogP contribution in [0, 0.1) is 28.6 Å². The van der Waals surface area contributed by atoms with Crippen LogP contribution in [-0.2, 0) is 33.3 Å². The minimum absolute atomic E-state index is 0.0438. The number of aliphatic hydroxyl groups is 4. The Morgan fingerprint density at radius 2 is 1.58 bits per heavy atom. The molecule has 0 amide bonds. The van der Waals surface area contributed by atoms with Gasteiger partial charge in [0, 0.05) is 44.9 Å². The van der Waals surface area contributed by atoms with Crippen LogP contribution in [0.5, 0.6) is 5.75 Å². The molecule has 0 radical (unpaired) electrons. The quantitative estimate of drug-likeness (QED) is 0.220. The number of methoxy groups -OCH3 is 1. The second kappa shape index (κ2) is 13.2. The lowest BCUT2D eigenvalue weighted by Crippen LogP contribution is -2.76. The van der Waals surface area contributed by atoms with Gasteiger partial charge in [-0.3, -0.25) is 14.4 Å². The van der Waals surface area contributed by atoms with E-state index in [2.05, 4.69) is 0 Å². The van der Waals surface area contributed by atoms with Crippen LogP contribution < -0.4 is 4.74 Å². The molecule has 4 aliphatic rings. The lowest BCUT2D eigenvalue weighted by molar-refractivity contribution is -0.320. The van der Waals surface area contributed by atoms with Crippen LogP contribution in [0.3, 0.4) is 0 Å². The van der Waals surface area contributed by atoms with Crippen LogP contribution in [0.4, 0.5) is 0 Å². The van der Waals surface area contributed by atoms with Gasteiger partial charge in [-0.1, -0.05) is 6.92 Å². The normalized spacial score (nSPS) is 39.1. The summed E-state index contributed by atoms with van der Waals surface area (Å²) >= 11 is 0. The molecule has 4 aliphatic carbocycles. The molecular weight excluding hydrogens is 628 g/mol. The number of aliphatic hydroxyl groups excluding tert-OH is 2. The van der Waals surface area contributed by atoms with Crippen molar-refractivity contribution in [2.45, 2.75) is 108 Å². The number of esters is 4. The smallest absolute Gasteiger partial charge is 0.338 e. The topological polar surface area (TPSA) is 195 Å². The Kier molecular flexibility index (Phi) is 9.92. The highest BCUT2D eigenvalue weighted by Crippen LogP contribution is 2.71. The molecule has 4 saturated carbocycles. The number of hydrogen-bond acceptors (Lipinski definition) is 13. The fourth-order valence-electron chi connectivity index (χ4n) is 10.1. The van der Waals surface area contributed by atoms with E-state index >= 15 is 0 Å². The van der Waals surface area contributed by atoms with Crippen LogP contribution >= 0.6 is 0 Å². The number of rotatable bonds is 9. The van der Waals surface area contributed by atoms with Crippen molar-refractivity contribution in [1.82, 2.24) is 0 Å². The number of fused-ring (bicyclic) bond motifs is 5. The highest BCUT2D eigenvalue weighted by molar-refractivity contribution is 5.89. The third-order valence-corrected chi connectivity index (χ3v) is 12.1. The summed E-state index contributed by atoms with van der Waals surface area (Å²) in [5.41, 5.74) is -5.72. The van der Waals surface area contributed by atoms with Gasteiger partial charge in [0.25, 0.3) is 0 Å². The van der Waals surface area contributed by atoms with Gasteiger partial charge in [0.15, 0.2) is 0 Å². The van der Waals surface area contributed by atoms with Crippen molar-refractivity contribution in [1.29, 1.82) is 0 Å². The summed E-state index contributed by atoms with van der Waals surface area (Å²) in [4.78, 5) is 51.2. The molecule has 1 aromatic carbocycles. The third kappa shape index (κ3) is 5.86. The zero-order valence-electron chi connectivity index (χ0n) is 28.2. The molecule has 13 heteroatoms. The van der Waals surface area contributed by atoms with E-state index in [9.17, 15) is 39.6 Å². The van der Waals surface area contributed by atoms with Crippen molar-refractivity contribution < 1.29 is 63.3 Å². The molecule has 0 aliphatic heterocycles. The average molecular weight is 677 g/mol. The van der Waals surface area contributed by atoms with E-state index in [1.165, 1.54) is 40.0 Å². The van der Waals surface area contributed by atoms with E-state index in [0.29, 0.717) is 12.2 Å². The van der Waals surface area contributed by atoms with Gasteiger partial charge in [0.1, 0.15) is 30.7 Å². The monoisotopic (exact) mass is 676 g/mol. The molecule has 0 spiro atoms. The Hall–Kier alpha value is -3.26. The minimum atomic E-state index is -1.78. The summed E-state index contributed by atoms with van der Waals surface area (Å²) in [6.45, 7) is 4.58. The van der Waals surface area contributed by atoms with Gasteiger partial charge in [-0.05, 0) is 68.2 Å². The van der Waals surface area contributed by atoms with Crippen LogP contribution in [0.1, 0.15) is 83.0 Å². The number of ether oxygens (including phenoxy) is 5. The van der Waals surface area contributed by atoms with Crippen molar-refractivity contribution in [2.75, 3.05) is 20.3 Å². The zero-order chi connectivity index (χ0) is 35.2. The maximum absolute atomic E-state index is 13.8. The Bertz CT molecular complexity index is 1400. The molecule has 13 nitrogen and oxygen atoms in total. The summed E-state index contributed by atoms with van der Waals surface area (Å²) < 4.78 is 28.8. The summed E-state index contributed by atoms with van der Waals surface area (Å²) in [6.07, 6.45) is -3.41. The molecule has 1 unspecified atom stereocenters. The molecule has 11 atom stereocenters. The number of hydrogen-bond donors (Lipinski definition) is 4. The molecule has 1 aromatic rings. The van der Waals surface area contributed by atoms with Gasteiger partial charge < -0.3 is 44.1 Å². The van der Waals surface area contributed by atoms with Crippen LogP contribution in [0.25, 0.3) is 0 Å². The lowest BCUT2D eigenvalue weighted by Gasteiger charge is -2.68. The molecule has 0 bridgehead atoms. The maximum Gasteiger partial charge on any atom is 0.338 e. The summed E-state index contributed by atoms with van der Waals surface area (Å²) in [6, 6.07) is 6.21. The standard InChI is InChI=1S/C35H48O13/c1-19(37)45-18-34-29(48-31(41)22-6-8-23(44-5)9-7-22)14-24(46-20(2)38)15-33(34,42)12-10-26-30(34)28(47-21(3)39)16-32(4)25(27(40)17-36)11-13-35(26,32)43/h6-9,24-30,36,40,42-43H,10-18H2,1-5H3/t24-,25+,26+,27?,28+,29+,30+,32+,33-,34+,35-/m0/s1. The van der Waals surface area contributed by atoms with Crippen LogP contribution in [0.2, 0.25) is 0 Å². The van der Waals surface area contributed by atoms with Crippen molar-refractivity contribution in [2.24, 2.45) is 28.6 Å². The van der Waals surface area contributed by atoms with E-state index in [4.69, 9.17) is 23.7 Å². The van der Waals surface area contributed by atoms with Crippen molar-refractivity contribution in [3.8, 4) is 5.75 Å². The van der Waals surface area contributed by atoms with Gasteiger partial charge in [-0.15, -0.1) is 0 Å². The van der Waals surface area contributed by atoms with Gasteiger partial charge in [0.05, 0.1) is 42.0 Å². The van der Waals surface area contributed by atoms with Crippen LogP contribution in [-0.4, -0.2) is 100 Å². The SMILES string of the molecule is COc1ccc(C(=O)O[C@@H]2C[C@H](OC(C)=O)C[C@@]3(O)CC[C@@H]4[C@H]([C@H](OC(C)=O)C[C@]5(C)[C@@H](C(O)CO)CC[C@]45O)[C@@]23COC(C)=O)cc1. The maximum atomic E-state index is 13.8. The fourth-order valence-corrected chi connectivity index (χ4v) is 10.1. The number of carbonyl (C=O) groups excluding carboxylic acids is 4. The highest BCUT2D eigenvalue weighted by Gasteiger charge is 2.77. The Balaban J connectivity index is 1.69. The molecule has 0 aromatic heterocycles. The number of carbonyl (C=O) groups is 4. The highest BCUT2D eigenvalue weighted by atomic mass is 16.6. The van der Waals surface area contributed by atoms with Crippen molar-refractivity contribution in [3.63, 3.8) is 0 Å². The molecule has 4 N–H and O–H groups in total. The predicted octanol–water partition coefficient (Wildman–Crippen LogP) is 2.09. The average Bonchev–Trinajstić information content (AvgIpc) is 3.29. The summed E-state index contributed by atoms with van der Waals surface area (Å²) in [5.74, 6) is -4.24. The van der Waals surface area contributed by atoms with E-state index in [1.807, 2.05) is 6.92 Å². The first-order chi connectivity index (χ1) is 22.5. The molecule has 5 rings (SSSR count). The predicted molar refractivity (Wildman–Crippen MR) is 166 cm³/mol. The van der Waals surface area contributed by atoms with Crippen molar-refractivity contribution in [3.05, 3.63) is 29.8 Å². The third-order valence-electron chi connectivity index (χ3n) is 12.1. The first-order valence-electron chi connectivity index (χ1n) is 16.6. The van der Waals surface area contributed by atoms with E-state index < -0.39 is 101 Å². The first kappa shape index (κ1) is 36.0. The molecule has 0 saturated heterocycles. The van der Waals surface area contributed by atoms with Gasteiger partial charge >= 0.3 is 23.9 Å². The summed E-state index contributed by atoms with van der Waals surface area (Å²) in [5, 5.41) is 46.4.